The number of aromatic nitrogens is 1. The van der Waals surface area contributed by atoms with Gasteiger partial charge in [0.05, 0.1) is 12.0 Å². The molecule has 0 saturated heterocycles. The number of thiazole rings is 1. The quantitative estimate of drug-likeness (QED) is 0.140. The summed E-state index contributed by atoms with van der Waals surface area (Å²) in [7, 11) is 0. The first-order chi connectivity index (χ1) is 18.7. The van der Waals surface area contributed by atoms with Crippen molar-refractivity contribution in [1.29, 1.82) is 0 Å². The van der Waals surface area contributed by atoms with Crippen LogP contribution in [-0.4, -0.2) is 19.1 Å². The summed E-state index contributed by atoms with van der Waals surface area (Å²) in [6.07, 6.45) is 18.0. The van der Waals surface area contributed by atoms with Gasteiger partial charge in [-0.25, -0.2) is 0 Å². The smallest absolute Gasteiger partial charge is 0.262 e. The number of amides is 1. The summed E-state index contributed by atoms with van der Waals surface area (Å²) in [4.78, 5) is 12.4. The molecule has 5 nitrogen and oxygen atoms in total. The molecule has 7 heteroatoms. The minimum Gasteiger partial charge on any atom is -1.00 e. The molecular weight excluding hydrogens is 572 g/mol. The highest BCUT2D eigenvalue weighted by atomic mass is 79.9. The number of hydrogen-bond acceptors (Lipinski definition) is 4. The summed E-state index contributed by atoms with van der Waals surface area (Å²) in [5.41, 5.74) is 3.96. The fraction of sp³-hybridized carbons (Fsp3) is 0.500. The Morgan fingerprint density at radius 1 is 0.821 bits per heavy atom. The molecular formula is C32H45BrN2O3S. The van der Waals surface area contributed by atoms with Gasteiger partial charge >= 0.3 is 0 Å². The van der Waals surface area contributed by atoms with Crippen molar-refractivity contribution in [3.63, 3.8) is 0 Å². The number of rotatable bonds is 20. The van der Waals surface area contributed by atoms with E-state index < -0.39 is 0 Å². The van der Waals surface area contributed by atoms with E-state index in [2.05, 4.69) is 28.4 Å². The first-order valence-corrected chi connectivity index (χ1v) is 15.3. The van der Waals surface area contributed by atoms with E-state index in [0.717, 1.165) is 30.0 Å². The van der Waals surface area contributed by atoms with Gasteiger partial charge in [-0.05, 0) is 30.7 Å². The van der Waals surface area contributed by atoms with Gasteiger partial charge in [-0.1, -0.05) is 107 Å². The average Bonchev–Trinajstić information content (AvgIpc) is 3.44. The van der Waals surface area contributed by atoms with Gasteiger partial charge in [-0.2, -0.15) is 4.57 Å². The SMILES string of the molecule is CCCCCCCCCCCCCCOc1cccc(OCC(=O)Nc2cccc(C[n+]3ccsc3)c2)c1.[Br-]. The lowest BCUT2D eigenvalue weighted by atomic mass is 10.1. The minimum absolute atomic E-state index is 0. The number of nitrogens with zero attached hydrogens (tertiary/aromatic N) is 1. The third-order valence-electron chi connectivity index (χ3n) is 6.55. The molecule has 1 heterocycles. The number of unbranched alkanes of at least 4 members (excludes halogenated alkanes) is 11. The average molecular weight is 618 g/mol. The summed E-state index contributed by atoms with van der Waals surface area (Å²) in [5.74, 6) is 1.23. The zero-order valence-corrected chi connectivity index (χ0v) is 25.8. The van der Waals surface area contributed by atoms with Crippen LogP contribution in [0.4, 0.5) is 5.69 Å². The molecule has 0 saturated carbocycles. The van der Waals surface area contributed by atoms with E-state index in [9.17, 15) is 4.79 Å². The lowest BCUT2D eigenvalue weighted by molar-refractivity contribution is -0.683. The number of anilines is 1. The Kier molecular flexibility index (Phi) is 17.3. The summed E-state index contributed by atoms with van der Waals surface area (Å²) < 4.78 is 13.7. The van der Waals surface area contributed by atoms with Crippen molar-refractivity contribution in [3.05, 3.63) is 71.2 Å². The zero-order valence-electron chi connectivity index (χ0n) is 23.4. The topological polar surface area (TPSA) is 51.4 Å². The maximum Gasteiger partial charge on any atom is 0.262 e. The van der Waals surface area contributed by atoms with Gasteiger partial charge in [0.25, 0.3) is 5.91 Å². The molecule has 2 aromatic carbocycles. The van der Waals surface area contributed by atoms with Gasteiger partial charge in [0.2, 0.25) is 5.51 Å². The molecule has 0 bridgehead atoms. The molecule has 39 heavy (non-hydrogen) atoms. The van der Waals surface area contributed by atoms with Crippen molar-refractivity contribution in [3.8, 4) is 11.5 Å². The second kappa shape index (κ2) is 20.5. The zero-order chi connectivity index (χ0) is 26.7. The maximum absolute atomic E-state index is 12.4. The predicted molar refractivity (Wildman–Crippen MR) is 157 cm³/mol. The number of nitrogens with one attached hydrogen (secondary N) is 1. The van der Waals surface area contributed by atoms with Crippen LogP contribution in [0.5, 0.6) is 11.5 Å². The lowest BCUT2D eigenvalue weighted by Gasteiger charge is -2.10. The van der Waals surface area contributed by atoms with Crippen molar-refractivity contribution in [1.82, 2.24) is 0 Å². The van der Waals surface area contributed by atoms with Gasteiger partial charge in [0.1, 0.15) is 11.5 Å². The first-order valence-electron chi connectivity index (χ1n) is 14.4. The highest BCUT2D eigenvalue weighted by molar-refractivity contribution is 7.07. The van der Waals surface area contributed by atoms with Crippen LogP contribution >= 0.6 is 11.3 Å². The fourth-order valence-corrected chi connectivity index (χ4v) is 5.04. The molecule has 1 amide bonds. The molecule has 0 radical (unpaired) electrons. The minimum atomic E-state index is -0.187. The Bertz CT molecular complexity index is 1050. The third kappa shape index (κ3) is 14.5. The van der Waals surface area contributed by atoms with E-state index >= 15 is 0 Å². The molecule has 3 rings (SSSR count). The lowest BCUT2D eigenvalue weighted by Crippen LogP contribution is -3.00. The summed E-state index contributed by atoms with van der Waals surface area (Å²) in [5, 5.41) is 4.97. The molecule has 0 spiro atoms. The summed E-state index contributed by atoms with van der Waals surface area (Å²) >= 11 is 1.66. The van der Waals surface area contributed by atoms with Crippen LogP contribution in [0.3, 0.4) is 0 Å². The predicted octanol–water partition coefficient (Wildman–Crippen LogP) is 5.19. The van der Waals surface area contributed by atoms with Gasteiger partial charge in [-0.3, -0.25) is 4.79 Å². The Labute approximate surface area is 249 Å². The molecule has 1 aromatic heterocycles. The Morgan fingerprint density at radius 2 is 1.46 bits per heavy atom. The van der Waals surface area contributed by atoms with Crippen LogP contribution in [0.1, 0.15) is 89.5 Å². The van der Waals surface area contributed by atoms with Crippen LogP contribution in [0.25, 0.3) is 0 Å². The molecule has 0 atom stereocenters. The van der Waals surface area contributed by atoms with Crippen LogP contribution in [0, 0.1) is 0 Å². The van der Waals surface area contributed by atoms with Crippen LogP contribution in [0.2, 0.25) is 0 Å². The monoisotopic (exact) mass is 616 g/mol. The van der Waals surface area contributed by atoms with Crippen molar-refractivity contribution < 1.29 is 35.8 Å². The second-order valence-corrected chi connectivity index (χ2v) is 10.7. The van der Waals surface area contributed by atoms with Crippen molar-refractivity contribution >= 4 is 22.9 Å². The number of carbonyl (C=O) groups excluding carboxylic acids is 1. The van der Waals surface area contributed by atoms with E-state index in [4.69, 9.17) is 9.47 Å². The molecule has 0 unspecified atom stereocenters. The van der Waals surface area contributed by atoms with Gasteiger partial charge in [0, 0.05) is 17.3 Å². The molecule has 0 fully saturated rings. The first kappa shape index (κ1) is 32.8. The fourth-order valence-electron chi connectivity index (χ4n) is 4.44. The molecule has 1 N–H and O–H groups in total. The molecule has 214 valence electrons. The van der Waals surface area contributed by atoms with Crippen molar-refractivity contribution in [2.45, 2.75) is 90.5 Å². The number of carbonyl (C=O) groups is 1. The normalized spacial score (nSPS) is 10.6. The van der Waals surface area contributed by atoms with E-state index in [-0.39, 0.29) is 29.5 Å². The van der Waals surface area contributed by atoms with Crippen LogP contribution < -0.4 is 36.3 Å². The standard InChI is InChI=1S/C32H44N2O3S.BrH/c1-2-3-4-5-6-7-8-9-10-11-12-13-21-36-30-18-15-19-31(24-30)37-26-32(35)33-29-17-14-16-28(23-29)25-34-20-22-38-27-34;/h14-20,22-24,27H,2-13,21,25-26H2,1H3;1H. The second-order valence-electron chi connectivity index (χ2n) is 9.95. The highest BCUT2D eigenvalue weighted by Gasteiger charge is 2.08. The van der Waals surface area contributed by atoms with Crippen LogP contribution in [-0.2, 0) is 11.3 Å². The third-order valence-corrected chi connectivity index (χ3v) is 7.22. The maximum atomic E-state index is 12.4. The van der Waals surface area contributed by atoms with E-state index in [0.29, 0.717) is 12.4 Å². The van der Waals surface area contributed by atoms with Gasteiger partial charge in [-0.15, -0.1) is 0 Å². The number of benzene rings is 2. The molecule has 0 aliphatic carbocycles. The van der Waals surface area contributed by atoms with Gasteiger partial charge in [0.15, 0.2) is 19.3 Å². The summed E-state index contributed by atoms with van der Waals surface area (Å²) in [6.45, 7) is 3.71. The largest absolute Gasteiger partial charge is 1.00 e. The van der Waals surface area contributed by atoms with E-state index in [1.807, 2.05) is 54.0 Å². The molecule has 0 aliphatic rings. The number of halogens is 1. The summed E-state index contributed by atoms with van der Waals surface area (Å²) in [6, 6.07) is 15.4. The number of hydrogen-bond donors (Lipinski definition) is 1. The van der Waals surface area contributed by atoms with E-state index in [1.165, 1.54) is 70.6 Å². The van der Waals surface area contributed by atoms with E-state index in [1.54, 1.807) is 11.3 Å². The number of ether oxygens (including phenoxy) is 2. The van der Waals surface area contributed by atoms with Crippen LogP contribution in [0.15, 0.2) is 65.6 Å². The van der Waals surface area contributed by atoms with Crippen molar-refractivity contribution in [2.75, 3.05) is 18.5 Å². The molecule has 0 aliphatic heterocycles. The highest BCUT2D eigenvalue weighted by Crippen LogP contribution is 2.20. The van der Waals surface area contributed by atoms with Crippen molar-refractivity contribution in [2.24, 2.45) is 0 Å². The Balaban J connectivity index is 0.00000533. The van der Waals surface area contributed by atoms with Gasteiger partial charge < -0.3 is 31.8 Å². The Morgan fingerprint density at radius 3 is 2.13 bits per heavy atom. The molecule has 3 aromatic rings. The Hall–Kier alpha value is -2.38.